The summed E-state index contributed by atoms with van der Waals surface area (Å²) in [6.07, 6.45) is 5.59. The molecule has 2 atom stereocenters. The minimum atomic E-state index is -0.746. The van der Waals surface area contributed by atoms with Gasteiger partial charge < -0.3 is 15.6 Å². The van der Waals surface area contributed by atoms with Gasteiger partial charge in [-0.2, -0.15) is 5.26 Å². The number of nitrogens with one attached hydrogen (secondary N) is 4. The fourth-order valence-corrected chi connectivity index (χ4v) is 4.56. The molecule has 36 heavy (non-hydrogen) atoms. The van der Waals surface area contributed by atoms with Crippen LogP contribution >= 0.6 is 0 Å². The zero-order valence-electron chi connectivity index (χ0n) is 19.1. The van der Waals surface area contributed by atoms with Gasteiger partial charge in [0.2, 0.25) is 0 Å². The summed E-state index contributed by atoms with van der Waals surface area (Å²) in [6.45, 7) is 1.50. The number of aromatic nitrogens is 5. The van der Waals surface area contributed by atoms with Crippen molar-refractivity contribution < 1.29 is 13.2 Å². The Balaban J connectivity index is 1.40. The van der Waals surface area contributed by atoms with Crippen molar-refractivity contribution in [3.8, 4) is 17.5 Å². The second-order valence-corrected chi connectivity index (χ2v) is 8.75. The average molecular weight is 494 g/mol. The molecule has 3 heterocycles. The van der Waals surface area contributed by atoms with Gasteiger partial charge in [-0.3, -0.25) is 4.98 Å². The number of benzene rings is 1. The van der Waals surface area contributed by atoms with Crippen LogP contribution in [0.2, 0.25) is 0 Å². The average Bonchev–Trinajstić information content (AvgIpc) is 3.26. The van der Waals surface area contributed by atoms with Gasteiger partial charge in [-0.25, -0.2) is 32.9 Å². The van der Waals surface area contributed by atoms with Gasteiger partial charge in [-0.1, -0.05) is 0 Å². The molecule has 12 heteroatoms. The van der Waals surface area contributed by atoms with Gasteiger partial charge in [0.25, 0.3) is 0 Å². The lowest BCUT2D eigenvalue weighted by atomic mass is 9.91. The topological polar surface area (TPSA) is 135 Å². The summed E-state index contributed by atoms with van der Waals surface area (Å²) >= 11 is 0. The highest BCUT2D eigenvalue weighted by atomic mass is 19.1. The van der Waals surface area contributed by atoms with E-state index in [9.17, 15) is 23.2 Å². The maximum Gasteiger partial charge on any atom is 0.346 e. The van der Waals surface area contributed by atoms with E-state index in [1.807, 2.05) is 6.07 Å². The van der Waals surface area contributed by atoms with Crippen LogP contribution in [0, 0.1) is 35.7 Å². The molecule has 0 radical (unpaired) electrons. The van der Waals surface area contributed by atoms with Gasteiger partial charge in [0.15, 0.2) is 17.5 Å². The fourth-order valence-electron chi connectivity index (χ4n) is 4.56. The quantitative estimate of drug-likeness (QED) is 0.327. The Morgan fingerprint density at radius 2 is 1.92 bits per heavy atom. The van der Waals surface area contributed by atoms with Crippen LogP contribution in [-0.2, 0) is 0 Å². The number of aromatic amines is 2. The van der Waals surface area contributed by atoms with Gasteiger partial charge in [-0.15, -0.1) is 0 Å². The second-order valence-electron chi connectivity index (χ2n) is 8.75. The Bertz CT molecular complexity index is 1560. The highest BCUT2D eigenvalue weighted by Crippen LogP contribution is 2.31. The van der Waals surface area contributed by atoms with E-state index >= 15 is 0 Å². The van der Waals surface area contributed by atoms with Crippen LogP contribution in [0.1, 0.15) is 36.9 Å². The first kappa shape index (κ1) is 23.3. The lowest BCUT2D eigenvalue weighted by Gasteiger charge is -2.31. The third-order valence-corrected chi connectivity index (χ3v) is 6.26. The van der Waals surface area contributed by atoms with Gasteiger partial charge in [-0.05, 0) is 38.7 Å². The highest BCUT2D eigenvalue weighted by molar-refractivity contribution is 5.94. The standard InChI is InChI=1S/C24H21F3N8O/c1-11-19(27)23(34-22(31-11)17-10-29-20-16(17)5-13(25)6-18(20)26)33-15-4-2-3-14(7-15)32-21-12(8-28)9-30-24(36)35-21/h5-6,9-10,14-15,29H,2-4,7H2,1H3,(H,31,33,34)(H2,30,32,35,36)/t14-,15+/m1/s1. The number of rotatable bonds is 5. The SMILES string of the molecule is Cc1nc(-c2c[nH]c3c(F)cc(F)cc23)nc(N[C@H]2CCC[C@@H](Nc3[nH]c(=O)ncc3C#N)C2)c1F. The predicted octanol–water partition coefficient (Wildman–Crippen LogP) is 4.14. The summed E-state index contributed by atoms with van der Waals surface area (Å²) in [5, 5.41) is 15.9. The summed E-state index contributed by atoms with van der Waals surface area (Å²) in [5.74, 6) is -1.68. The van der Waals surface area contributed by atoms with Crippen LogP contribution in [0.5, 0.6) is 0 Å². The van der Waals surface area contributed by atoms with E-state index in [0.717, 1.165) is 25.3 Å². The fraction of sp³-hybridized carbons (Fsp3) is 0.292. The number of nitriles is 1. The third kappa shape index (κ3) is 4.47. The van der Waals surface area contributed by atoms with E-state index in [1.165, 1.54) is 25.4 Å². The first-order valence-corrected chi connectivity index (χ1v) is 11.4. The van der Waals surface area contributed by atoms with Crippen LogP contribution < -0.4 is 16.3 Å². The molecule has 0 unspecified atom stereocenters. The van der Waals surface area contributed by atoms with Crippen molar-refractivity contribution in [2.45, 2.75) is 44.7 Å². The zero-order chi connectivity index (χ0) is 25.4. The molecule has 0 bridgehead atoms. The molecule has 1 aliphatic rings. The summed E-state index contributed by atoms with van der Waals surface area (Å²) < 4.78 is 43.0. The number of hydrogen-bond donors (Lipinski definition) is 4. The number of halogens is 3. The van der Waals surface area contributed by atoms with Gasteiger partial charge in [0, 0.05) is 35.3 Å². The molecule has 0 aliphatic heterocycles. The van der Waals surface area contributed by atoms with E-state index in [0.29, 0.717) is 17.8 Å². The molecular formula is C24H21F3N8O. The number of fused-ring (bicyclic) bond motifs is 1. The van der Waals surface area contributed by atoms with Crippen molar-refractivity contribution in [3.05, 3.63) is 63.7 Å². The van der Waals surface area contributed by atoms with E-state index in [1.54, 1.807) is 0 Å². The molecule has 0 spiro atoms. The Hall–Kier alpha value is -4.40. The summed E-state index contributed by atoms with van der Waals surface area (Å²) in [7, 11) is 0. The molecule has 4 N–H and O–H groups in total. The number of H-pyrrole nitrogens is 2. The molecule has 1 saturated carbocycles. The molecule has 4 aromatic rings. The van der Waals surface area contributed by atoms with E-state index in [-0.39, 0.29) is 45.9 Å². The maximum absolute atomic E-state index is 15.0. The number of hydrogen-bond acceptors (Lipinski definition) is 7. The van der Waals surface area contributed by atoms with Crippen LogP contribution in [0.25, 0.3) is 22.3 Å². The van der Waals surface area contributed by atoms with Crippen LogP contribution in [0.4, 0.5) is 24.8 Å². The number of aryl methyl sites for hydroxylation is 1. The van der Waals surface area contributed by atoms with Crippen molar-refractivity contribution in [2.24, 2.45) is 0 Å². The zero-order valence-corrected chi connectivity index (χ0v) is 19.1. The van der Waals surface area contributed by atoms with Crippen LogP contribution in [0.3, 0.4) is 0 Å². The summed E-state index contributed by atoms with van der Waals surface area (Å²) in [5.41, 5.74) is 0.206. The molecule has 0 amide bonds. The molecule has 3 aromatic heterocycles. The summed E-state index contributed by atoms with van der Waals surface area (Å²) in [4.78, 5) is 29.0. The first-order chi connectivity index (χ1) is 17.3. The minimum absolute atomic E-state index is 0.00981. The van der Waals surface area contributed by atoms with Crippen molar-refractivity contribution in [1.29, 1.82) is 5.26 Å². The molecule has 1 fully saturated rings. The van der Waals surface area contributed by atoms with Crippen molar-refractivity contribution in [3.63, 3.8) is 0 Å². The largest absolute Gasteiger partial charge is 0.368 e. The number of nitrogens with zero attached hydrogens (tertiary/aromatic N) is 4. The maximum atomic E-state index is 15.0. The highest BCUT2D eigenvalue weighted by Gasteiger charge is 2.25. The normalized spacial score (nSPS) is 17.6. The van der Waals surface area contributed by atoms with E-state index in [4.69, 9.17) is 0 Å². The monoisotopic (exact) mass is 494 g/mol. The minimum Gasteiger partial charge on any atom is -0.368 e. The second kappa shape index (κ2) is 9.33. The lowest BCUT2D eigenvalue weighted by Crippen LogP contribution is -2.35. The third-order valence-electron chi connectivity index (χ3n) is 6.26. The molecule has 184 valence electrons. The van der Waals surface area contributed by atoms with Crippen molar-refractivity contribution in [1.82, 2.24) is 24.9 Å². The smallest absolute Gasteiger partial charge is 0.346 e. The molecular weight excluding hydrogens is 473 g/mol. The molecule has 1 aliphatic carbocycles. The Kier molecular flexibility index (Phi) is 6.05. The summed E-state index contributed by atoms with van der Waals surface area (Å²) in [6, 6.07) is 3.69. The van der Waals surface area contributed by atoms with E-state index in [2.05, 4.69) is 35.6 Å². The molecule has 1 aromatic carbocycles. The molecule has 5 rings (SSSR count). The van der Waals surface area contributed by atoms with Gasteiger partial charge >= 0.3 is 5.69 Å². The predicted molar refractivity (Wildman–Crippen MR) is 127 cm³/mol. The Morgan fingerprint density at radius 3 is 2.69 bits per heavy atom. The molecule has 9 nitrogen and oxygen atoms in total. The van der Waals surface area contributed by atoms with Crippen LogP contribution in [0.15, 0.2) is 29.3 Å². The molecule has 0 saturated heterocycles. The van der Waals surface area contributed by atoms with E-state index < -0.39 is 23.1 Å². The lowest BCUT2D eigenvalue weighted by molar-refractivity contribution is 0.424. The Labute approximate surface area is 202 Å². The van der Waals surface area contributed by atoms with Crippen molar-refractivity contribution in [2.75, 3.05) is 10.6 Å². The number of anilines is 2. The van der Waals surface area contributed by atoms with Crippen molar-refractivity contribution >= 4 is 22.5 Å². The first-order valence-electron chi connectivity index (χ1n) is 11.4. The van der Waals surface area contributed by atoms with Crippen LogP contribution in [-0.4, -0.2) is 37.0 Å². The van der Waals surface area contributed by atoms with Gasteiger partial charge in [0.1, 0.15) is 29.1 Å². The Morgan fingerprint density at radius 1 is 1.14 bits per heavy atom. The van der Waals surface area contributed by atoms with Gasteiger partial charge in [0.05, 0.1) is 17.4 Å².